The number of hydrogen-bond donors (Lipinski definition) is 2. The van der Waals surface area contributed by atoms with Crippen LogP contribution in [-0.2, 0) is 0 Å². The summed E-state index contributed by atoms with van der Waals surface area (Å²) in [6.45, 7) is 1.70. The van der Waals surface area contributed by atoms with Crippen molar-refractivity contribution in [3.8, 4) is 28.0 Å². The maximum Gasteiger partial charge on any atom is 0.242 e. The van der Waals surface area contributed by atoms with Crippen LogP contribution in [0.15, 0.2) is 63.5 Å². The molecule has 0 fully saturated rings. The number of ketones is 1. The van der Waals surface area contributed by atoms with Crippen molar-refractivity contribution in [3.05, 3.63) is 82.0 Å². The number of furan rings is 1. The molecule has 2 aromatic carbocycles. The van der Waals surface area contributed by atoms with Crippen LogP contribution in [0.4, 0.5) is 4.39 Å². The van der Waals surface area contributed by atoms with Crippen molar-refractivity contribution in [2.45, 2.75) is 6.92 Å². The van der Waals surface area contributed by atoms with Crippen LogP contribution in [0, 0.1) is 12.7 Å². The summed E-state index contributed by atoms with van der Waals surface area (Å²) < 4.78 is 21.8. The molecule has 0 saturated carbocycles. The number of halogens is 2. The molecule has 6 nitrogen and oxygen atoms in total. The Kier molecular flexibility index (Phi) is 4.87. The molecule has 0 aliphatic heterocycles. The van der Waals surface area contributed by atoms with Gasteiger partial charge in [0, 0.05) is 10.0 Å². The number of aromatic nitrogens is 2. The number of hydrogen-bond acceptors (Lipinski definition) is 6. The molecule has 0 saturated heterocycles. The van der Waals surface area contributed by atoms with Crippen molar-refractivity contribution in [3.63, 3.8) is 0 Å². The molecule has 0 atom stereocenters. The molecule has 0 amide bonds. The lowest BCUT2D eigenvalue weighted by molar-refractivity contribution is 0.101. The molecule has 3 heterocycles. The molecule has 2 N–H and O–H groups in total. The molecule has 0 aliphatic rings. The molecule has 0 unspecified atom stereocenters. The van der Waals surface area contributed by atoms with Gasteiger partial charge in [-0.15, -0.1) is 0 Å². The highest BCUT2D eigenvalue weighted by atomic mass is 79.9. The first-order valence-corrected chi connectivity index (χ1v) is 11.0. The summed E-state index contributed by atoms with van der Waals surface area (Å²) in [5.74, 6) is -1.59. The van der Waals surface area contributed by atoms with Crippen LogP contribution >= 0.6 is 27.3 Å². The molecule has 3 aromatic heterocycles. The summed E-state index contributed by atoms with van der Waals surface area (Å²) >= 11 is 4.54. The summed E-state index contributed by atoms with van der Waals surface area (Å²) in [5.41, 5.74) is 1.18. The van der Waals surface area contributed by atoms with Gasteiger partial charge in [-0.25, -0.2) is 9.37 Å². The van der Waals surface area contributed by atoms with E-state index >= 15 is 0 Å². The van der Waals surface area contributed by atoms with Gasteiger partial charge in [0.1, 0.15) is 11.6 Å². The van der Waals surface area contributed by atoms with Gasteiger partial charge in [0.25, 0.3) is 0 Å². The maximum absolute atomic E-state index is 13.7. The fourth-order valence-electron chi connectivity index (χ4n) is 3.52. The highest BCUT2D eigenvalue weighted by Gasteiger charge is 2.32. The van der Waals surface area contributed by atoms with Gasteiger partial charge < -0.3 is 14.6 Å². The molecule has 0 spiro atoms. The maximum atomic E-state index is 13.7. The van der Waals surface area contributed by atoms with Crippen LogP contribution in [0.5, 0.6) is 11.6 Å². The first-order chi connectivity index (χ1) is 15.3. The third-order valence-corrected chi connectivity index (χ3v) is 6.44. The summed E-state index contributed by atoms with van der Waals surface area (Å²) in [6, 6.07) is 14.4. The SMILES string of the molecule is Cc1ccc(C(=O)c2c(O)c(O)n(-c3nc4ccc(F)cc4s3)c2-c2cccc(Br)c2)o1. The topological polar surface area (TPSA) is 88.5 Å². The van der Waals surface area contributed by atoms with E-state index in [1.54, 1.807) is 31.2 Å². The second-order valence-corrected chi connectivity index (χ2v) is 9.01. The molecule has 9 heteroatoms. The van der Waals surface area contributed by atoms with E-state index in [4.69, 9.17) is 4.42 Å². The highest BCUT2D eigenvalue weighted by Crippen LogP contribution is 2.45. The molecular formula is C23H14BrFN2O4S. The Morgan fingerprint density at radius 1 is 1.16 bits per heavy atom. The first kappa shape index (κ1) is 20.5. The van der Waals surface area contributed by atoms with E-state index in [0.717, 1.165) is 15.8 Å². The number of aryl methyl sites for hydroxylation is 1. The Morgan fingerprint density at radius 2 is 1.97 bits per heavy atom. The van der Waals surface area contributed by atoms with Crippen LogP contribution < -0.4 is 0 Å². The van der Waals surface area contributed by atoms with E-state index in [1.165, 1.54) is 28.8 Å². The van der Waals surface area contributed by atoms with Crippen molar-refractivity contribution in [1.82, 2.24) is 9.55 Å². The fraction of sp³-hybridized carbons (Fsp3) is 0.0435. The minimum atomic E-state index is -0.593. The molecule has 0 bridgehead atoms. The van der Waals surface area contributed by atoms with Gasteiger partial charge in [-0.2, -0.15) is 0 Å². The fourth-order valence-corrected chi connectivity index (χ4v) is 4.92. The monoisotopic (exact) mass is 512 g/mol. The largest absolute Gasteiger partial charge is 0.503 e. The Labute approximate surface area is 193 Å². The molecule has 32 heavy (non-hydrogen) atoms. The number of carbonyl (C=O) groups excluding carboxylic acids is 1. The zero-order valence-electron chi connectivity index (χ0n) is 16.5. The summed E-state index contributed by atoms with van der Waals surface area (Å²) in [4.78, 5) is 17.8. The third kappa shape index (κ3) is 3.30. The van der Waals surface area contributed by atoms with Gasteiger partial charge in [-0.3, -0.25) is 9.36 Å². The van der Waals surface area contributed by atoms with Gasteiger partial charge in [-0.05, 0) is 49.4 Å². The van der Waals surface area contributed by atoms with Crippen LogP contribution in [0.1, 0.15) is 21.9 Å². The Morgan fingerprint density at radius 3 is 2.69 bits per heavy atom. The Balaban J connectivity index is 1.82. The second kappa shape index (κ2) is 7.61. The zero-order valence-corrected chi connectivity index (χ0v) is 18.9. The molecular weight excluding hydrogens is 499 g/mol. The Hall–Kier alpha value is -3.43. The zero-order chi connectivity index (χ0) is 22.6. The minimum absolute atomic E-state index is 0.0255. The third-order valence-electron chi connectivity index (χ3n) is 4.94. The van der Waals surface area contributed by atoms with Crippen LogP contribution in [0.2, 0.25) is 0 Å². The van der Waals surface area contributed by atoms with Crippen molar-refractivity contribution >= 4 is 43.3 Å². The average molecular weight is 513 g/mol. The predicted octanol–water partition coefficient (Wildman–Crippen LogP) is 6.20. The molecule has 5 aromatic rings. The number of carbonyl (C=O) groups is 1. The molecule has 5 rings (SSSR count). The Bertz CT molecular complexity index is 1520. The van der Waals surface area contributed by atoms with E-state index in [9.17, 15) is 19.4 Å². The van der Waals surface area contributed by atoms with E-state index in [-0.39, 0.29) is 22.1 Å². The van der Waals surface area contributed by atoms with E-state index in [1.807, 2.05) is 6.07 Å². The van der Waals surface area contributed by atoms with Crippen LogP contribution in [0.3, 0.4) is 0 Å². The van der Waals surface area contributed by atoms with E-state index in [0.29, 0.717) is 21.5 Å². The lowest BCUT2D eigenvalue weighted by Gasteiger charge is -2.09. The molecule has 0 radical (unpaired) electrons. The first-order valence-electron chi connectivity index (χ1n) is 9.43. The average Bonchev–Trinajstić information content (AvgIpc) is 3.44. The van der Waals surface area contributed by atoms with Crippen molar-refractivity contribution in [2.75, 3.05) is 0 Å². The summed E-state index contributed by atoms with van der Waals surface area (Å²) in [6.07, 6.45) is 0. The van der Waals surface area contributed by atoms with Crippen LogP contribution in [0.25, 0.3) is 26.6 Å². The number of aromatic hydroxyl groups is 2. The summed E-state index contributed by atoms with van der Waals surface area (Å²) in [7, 11) is 0. The summed E-state index contributed by atoms with van der Waals surface area (Å²) in [5, 5.41) is 22.0. The van der Waals surface area contributed by atoms with Gasteiger partial charge in [0.2, 0.25) is 11.7 Å². The van der Waals surface area contributed by atoms with Crippen molar-refractivity contribution in [2.24, 2.45) is 0 Å². The number of benzene rings is 2. The lowest BCUT2D eigenvalue weighted by atomic mass is 10.0. The van der Waals surface area contributed by atoms with Gasteiger partial charge in [0.05, 0.1) is 21.5 Å². The second-order valence-electron chi connectivity index (χ2n) is 7.09. The van der Waals surface area contributed by atoms with Crippen LogP contribution in [-0.4, -0.2) is 25.5 Å². The smallest absolute Gasteiger partial charge is 0.242 e. The number of fused-ring (bicyclic) bond motifs is 1. The van der Waals surface area contributed by atoms with E-state index in [2.05, 4.69) is 20.9 Å². The number of rotatable bonds is 4. The molecule has 0 aliphatic carbocycles. The highest BCUT2D eigenvalue weighted by molar-refractivity contribution is 9.10. The van der Waals surface area contributed by atoms with Gasteiger partial charge in [0.15, 0.2) is 16.6 Å². The van der Waals surface area contributed by atoms with E-state index < -0.39 is 23.2 Å². The quantitative estimate of drug-likeness (QED) is 0.280. The minimum Gasteiger partial charge on any atom is -0.503 e. The normalized spacial score (nSPS) is 11.3. The number of nitrogens with zero attached hydrogens (tertiary/aromatic N) is 2. The number of thiazole rings is 1. The van der Waals surface area contributed by atoms with Crippen molar-refractivity contribution in [1.29, 1.82) is 0 Å². The molecule has 160 valence electrons. The van der Waals surface area contributed by atoms with Crippen molar-refractivity contribution < 1.29 is 23.8 Å². The van der Waals surface area contributed by atoms with Gasteiger partial charge >= 0.3 is 0 Å². The lowest BCUT2D eigenvalue weighted by Crippen LogP contribution is -2.04. The van der Waals surface area contributed by atoms with Gasteiger partial charge in [-0.1, -0.05) is 39.4 Å². The predicted molar refractivity (Wildman–Crippen MR) is 122 cm³/mol. The standard InChI is InChI=1S/C23H14BrFN2O4S/c1-11-5-8-16(31-11)20(28)18-19(12-3-2-4-13(24)9-12)27(22(30)21(18)29)23-26-15-7-6-14(25)10-17(15)32-23/h2-10,29-30H,1H3.